The highest BCUT2D eigenvalue weighted by atomic mass is 19.4. The van der Waals surface area contributed by atoms with Crippen LogP contribution in [0.25, 0.3) is 5.69 Å². The van der Waals surface area contributed by atoms with E-state index in [4.69, 9.17) is 0 Å². The van der Waals surface area contributed by atoms with E-state index in [9.17, 15) is 37.1 Å². The highest BCUT2D eigenvalue weighted by molar-refractivity contribution is 6.23. The number of carbonyl (C=O) groups is 5. The maximum Gasteiger partial charge on any atom is 0.416 e. The number of alkyl halides is 3. The van der Waals surface area contributed by atoms with Crippen molar-refractivity contribution in [2.24, 2.45) is 11.8 Å². The van der Waals surface area contributed by atoms with Gasteiger partial charge in [0, 0.05) is 62.9 Å². The van der Waals surface area contributed by atoms with Crippen molar-refractivity contribution in [1.29, 1.82) is 0 Å². The number of anilines is 2. The van der Waals surface area contributed by atoms with Crippen molar-refractivity contribution < 1.29 is 37.1 Å². The molecule has 0 bridgehead atoms. The molecule has 296 valence electrons. The van der Waals surface area contributed by atoms with Crippen molar-refractivity contribution in [2.75, 3.05) is 36.4 Å². The Bertz CT molecular complexity index is 2300. The minimum atomic E-state index is -4.56. The highest BCUT2D eigenvalue weighted by Crippen LogP contribution is 2.47. The third-order valence-electron chi connectivity index (χ3n) is 12.5. The standard InChI is InChI=1S/C40H40F3N9O5/c1-39(2,38(57)46-31-7-4-26(40(41,42)43)14-33(31)50-11-3-10-44-50)51-19-25(16-45-51)22-12-23-17-48(18-24(23)13-22)28-20-49(21-28)27-5-6-29-30(15-27)37(56)52(36(29)55)32-8-9-34(53)47-35(32)54/h3-7,10-11,14-16,19,22-24,28,32H,8-9,12-13,17-18,20-21H2,1-2H3,(H,46,57)(H,47,53,54). The molecule has 1 aliphatic carbocycles. The number of amides is 5. The van der Waals surface area contributed by atoms with E-state index in [1.807, 2.05) is 18.5 Å². The van der Waals surface area contributed by atoms with Crippen LogP contribution in [0.4, 0.5) is 24.5 Å². The Hall–Kier alpha value is -5.84. The van der Waals surface area contributed by atoms with Crippen molar-refractivity contribution in [2.45, 2.75) is 69.2 Å². The zero-order valence-electron chi connectivity index (χ0n) is 31.2. The summed E-state index contributed by atoms with van der Waals surface area (Å²) in [7, 11) is 0. The van der Waals surface area contributed by atoms with E-state index in [2.05, 4.69) is 30.6 Å². The summed E-state index contributed by atoms with van der Waals surface area (Å²) in [5.74, 6) is -1.18. The first-order chi connectivity index (χ1) is 27.2. The van der Waals surface area contributed by atoms with Gasteiger partial charge in [-0.25, -0.2) is 4.68 Å². The van der Waals surface area contributed by atoms with E-state index in [-0.39, 0.29) is 35.3 Å². The molecule has 3 atom stereocenters. The van der Waals surface area contributed by atoms with Crippen LogP contribution < -0.4 is 15.5 Å². The Kier molecular flexibility index (Phi) is 8.64. The average molecular weight is 784 g/mol. The molecule has 4 aromatic rings. The lowest BCUT2D eigenvalue weighted by Crippen LogP contribution is -2.59. The lowest BCUT2D eigenvalue weighted by molar-refractivity contribution is -0.138. The van der Waals surface area contributed by atoms with Crippen LogP contribution in [-0.4, -0.2) is 97.2 Å². The Morgan fingerprint density at radius 3 is 2.33 bits per heavy atom. The predicted octanol–water partition coefficient (Wildman–Crippen LogP) is 4.18. The fourth-order valence-electron chi connectivity index (χ4n) is 9.11. The second kappa shape index (κ2) is 13.4. The minimum absolute atomic E-state index is 0.0704. The number of likely N-dealkylation sites (tertiary alicyclic amines) is 1. The second-order valence-electron chi connectivity index (χ2n) is 16.3. The molecular weight excluding hydrogens is 743 g/mol. The predicted molar refractivity (Wildman–Crippen MR) is 198 cm³/mol. The van der Waals surface area contributed by atoms with Gasteiger partial charge in [0.05, 0.1) is 34.3 Å². The number of rotatable bonds is 8. The fraction of sp³-hybridized carbons (Fsp3) is 0.425. The van der Waals surface area contributed by atoms with Gasteiger partial charge in [0.1, 0.15) is 11.6 Å². The zero-order valence-corrected chi connectivity index (χ0v) is 31.2. The quantitative estimate of drug-likeness (QED) is 0.251. The van der Waals surface area contributed by atoms with Gasteiger partial charge in [0.15, 0.2) is 0 Å². The van der Waals surface area contributed by atoms with Crippen LogP contribution in [0.1, 0.15) is 77.3 Å². The molecule has 9 rings (SSSR count). The number of aromatic nitrogens is 4. The normalized spacial score (nSPS) is 24.2. The summed E-state index contributed by atoms with van der Waals surface area (Å²) >= 11 is 0. The number of imide groups is 2. The first-order valence-electron chi connectivity index (χ1n) is 19.1. The van der Waals surface area contributed by atoms with Gasteiger partial charge in [0.2, 0.25) is 11.8 Å². The maximum absolute atomic E-state index is 13.7. The van der Waals surface area contributed by atoms with E-state index in [0.29, 0.717) is 23.8 Å². The van der Waals surface area contributed by atoms with Crippen LogP contribution in [0.2, 0.25) is 0 Å². The minimum Gasteiger partial charge on any atom is -0.368 e. The molecule has 4 fully saturated rings. The van der Waals surface area contributed by atoms with Gasteiger partial charge in [-0.3, -0.25) is 43.8 Å². The molecule has 0 radical (unpaired) electrons. The van der Waals surface area contributed by atoms with Crippen LogP contribution >= 0.6 is 0 Å². The summed E-state index contributed by atoms with van der Waals surface area (Å²) in [6.07, 6.45) is 4.31. The molecule has 1 saturated carbocycles. The van der Waals surface area contributed by atoms with Crippen LogP contribution in [0.3, 0.4) is 0 Å². The number of carbonyl (C=O) groups excluding carboxylic acids is 5. The Morgan fingerprint density at radius 1 is 0.912 bits per heavy atom. The van der Waals surface area contributed by atoms with Gasteiger partial charge in [-0.05, 0) is 98.9 Å². The second-order valence-corrected chi connectivity index (χ2v) is 16.3. The molecule has 6 heterocycles. The van der Waals surface area contributed by atoms with Gasteiger partial charge in [-0.2, -0.15) is 23.4 Å². The molecule has 2 aromatic heterocycles. The number of hydrogen-bond donors (Lipinski definition) is 2. The summed E-state index contributed by atoms with van der Waals surface area (Å²) in [6.45, 7) is 6.98. The Morgan fingerprint density at radius 2 is 1.65 bits per heavy atom. The zero-order chi connectivity index (χ0) is 40.0. The number of benzene rings is 2. The molecule has 0 spiro atoms. The van der Waals surface area contributed by atoms with Crippen LogP contribution in [0, 0.1) is 11.8 Å². The maximum atomic E-state index is 13.7. The van der Waals surface area contributed by atoms with E-state index >= 15 is 0 Å². The van der Waals surface area contributed by atoms with E-state index in [0.717, 1.165) is 67.3 Å². The first kappa shape index (κ1) is 36.8. The molecule has 14 nitrogen and oxygen atoms in total. The largest absolute Gasteiger partial charge is 0.416 e. The molecule has 57 heavy (non-hydrogen) atoms. The molecule has 3 unspecified atom stereocenters. The number of nitrogens with zero attached hydrogens (tertiary/aromatic N) is 7. The summed E-state index contributed by atoms with van der Waals surface area (Å²) in [6, 6.07) is 9.32. The lowest BCUT2D eigenvalue weighted by atomic mass is 9.98. The lowest BCUT2D eigenvalue weighted by Gasteiger charge is -2.46. The molecule has 4 aliphatic heterocycles. The van der Waals surface area contributed by atoms with E-state index < -0.39 is 52.9 Å². The van der Waals surface area contributed by atoms with Gasteiger partial charge in [0.25, 0.3) is 17.7 Å². The smallest absolute Gasteiger partial charge is 0.368 e. The van der Waals surface area contributed by atoms with Crippen molar-refractivity contribution in [1.82, 2.24) is 34.7 Å². The number of hydrogen-bond acceptors (Lipinski definition) is 9. The summed E-state index contributed by atoms with van der Waals surface area (Å²) in [5, 5.41) is 13.7. The molecular formula is C40H40F3N9O5. The number of fused-ring (bicyclic) bond motifs is 2. The Balaban J connectivity index is 0.796. The van der Waals surface area contributed by atoms with Gasteiger partial charge >= 0.3 is 6.18 Å². The van der Waals surface area contributed by atoms with Crippen molar-refractivity contribution >= 4 is 40.9 Å². The van der Waals surface area contributed by atoms with Crippen LogP contribution in [-0.2, 0) is 26.1 Å². The van der Waals surface area contributed by atoms with E-state index in [1.54, 1.807) is 36.7 Å². The van der Waals surface area contributed by atoms with Crippen LogP contribution in [0.15, 0.2) is 67.3 Å². The highest BCUT2D eigenvalue weighted by Gasteiger charge is 2.48. The fourth-order valence-corrected chi connectivity index (χ4v) is 9.11. The summed E-state index contributed by atoms with van der Waals surface area (Å²) in [5.41, 5.74) is 0.731. The molecule has 5 amide bonds. The van der Waals surface area contributed by atoms with Crippen molar-refractivity contribution in [3.63, 3.8) is 0 Å². The molecule has 17 heteroatoms. The topological polar surface area (TPSA) is 155 Å². The molecule has 2 N–H and O–H groups in total. The monoisotopic (exact) mass is 783 g/mol. The SMILES string of the molecule is CC(C)(C(=O)Nc1ccc(C(F)(F)F)cc1-n1cccn1)n1cc(C2CC3CN(C4CN(c5ccc6c(c5)C(=O)N(C5CCC(=O)NC5=O)C6=O)C4)CC3C2)cn1. The number of halogens is 3. The first-order valence-corrected chi connectivity index (χ1v) is 19.1. The summed E-state index contributed by atoms with van der Waals surface area (Å²) in [4.78, 5) is 69.9. The van der Waals surface area contributed by atoms with Gasteiger partial charge < -0.3 is 10.2 Å². The third-order valence-corrected chi connectivity index (χ3v) is 12.5. The Labute approximate surface area is 325 Å². The van der Waals surface area contributed by atoms with E-state index in [1.165, 1.54) is 23.1 Å². The van der Waals surface area contributed by atoms with Gasteiger partial charge in [-0.1, -0.05) is 0 Å². The van der Waals surface area contributed by atoms with Crippen molar-refractivity contribution in [3.8, 4) is 5.69 Å². The van der Waals surface area contributed by atoms with Gasteiger partial charge in [-0.15, -0.1) is 0 Å². The third kappa shape index (κ3) is 6.37. The molecule has 3 saturated heterocycles. The number of nitrogens with one attached hydrogen (secondary N) is 2. The van der Waals surface area contributed by atoms with Crippen LogP contribution in [0.5, 0.6) is 0 Å². The van der Waals surface area contributed by atoms with Crippen molar-refractivity contribution in [3.05, 3.63) is 89.5 Å². The molecule has 2 aromatic carbocycles. The molecule has 5 aliphatic rings. The number of piperidine rings is 1. The average Bonchev–Trinajstić information content (AvgIpc) is 3.98. The summed E-state index contributed by atoms with van der Waals surface area (Å²) < 4.78 is 43.5.